The zero-order chi connectivity index (χ0) is 24.6. The van der Waals surface area contributed by atoms with Crippen LogP contribution in [0.4, 0.5) is 19.0 Å². The molecule has 1 N–H and O–H groups in total. The van der Waals surface area contributed by atoms with Crippen LogP contribution in [-0.4, -0.2) is 61.8 Å². The topological polar surface area (TPSA) is 63.8 Å². The molecule has 5 heterocycles. The molecule has 1 saturated heterocycles. The lowest BCUT2D eigenvalue weighted by atomic mass is 10.1. The predicted octanol–water partition coefficient (Wildman–Crippen LogP) is 4.67. The van der Waals surface area contributed by atoms with Crippen molar-refractivity contribution in [3.05, 3.63) is 54.4 Å². The van der Waals surface area contributed by atoms with E-state index in [9.17, 15) is 13.2 Å². The van der Waals surface area contributed by atoms with Gasteiger partial charge in [-0.15, -0.1) is 0 Å². The molecule has 0 amide bonds. The summed E-state index contributed by atoms with van der Waals surface area (Å²) in [5.41, 5.74) is 3.96. The number of alkyl halides is 2. The Labute approximate surface area is 201 Å². The first-order chi connectivity index (χ1) is 16.8. The highest BCUT2D eigenvalue weighted by atomic mass is 19.3. The van der Waals surface area contributed by atoms with Gasteiger partial charge in [-0.2, -0.15) is 5.10 Å². The average Bonchev–Trinajstić information content (AvgIpc) is 3.43. The molecule has 0 aromatic carbocycles. The number of hydrogen-bond acceptors (Lipinski definition) is 5. The zero-order valence-electron chi connectivity index (χ0n) is 19.8. The number of rotatable bonds is 7. The molecule has 10 heteroatoms. The second kappa shape index (κ2) is 9.33. The van der Waals surface area contributed by atoms with Crippen molar-refractivity contribution in [3.8, 4) is 16.9 Å². The van der Waals surface area contributed by atoms with Crippen molar-refractivity contribution in [2.75, 3.05) is 32.0 Å². The van der Waals surface area contributed by atoms with E-state index in [2.05, 4.69) is 26.5 Å². The number of anilines is 1. The fourth-order valence-corrected chi connectivity index (χ4v) is 4.62. The Hall–Kier alpha value is -3.40. The van der Waals surface area contributed by atoms with Gasteiger partial charge in [0.1, 0.15) is 5.65 Å². The van der Waals surface area contributed by atoms with E-state index in [0.717, 1.165) is 41.7 Å². The van der Waals surface area contributed by atoms with Crippen molar-refractivity contribution in [2.45, 2.75) is 31.6 Å². The van der Waals surface area contributed by atoms with E-state index in [1.54, 1.807) is 24.1 Å². The molecule has 0 spiro atoms. The van der Waals surface area contributed by atoms with Crippen LogP contribution in [0.1, 0.15) is 24.8 Å². The second-order valence-electron chi connectivity index (χ2n) is 9.07. The first-order valence-electron chi connectivity index (χ1n) is 11.8. The summed E-state index contributed by atoms with van der Waals surface area (Å²) in [5.74, 6) is -2.78. The third kappa shape index (κ3) is 4.88. The molecular formula is C25H28F3N7. The Bertz CT molecular complexity index is 1330. The number of nitrogens with one attached hydrogen (secondary N) is 1. The minimum atomic E-state index is -2.52. The number of fused-ring (bicyclic) bond motifs is 1. The second-order valence-corrected chi connectivity index (χ2v) is 9.07. The summed E-state index contributed by atoms with van der Waals surface area (Å²) in [6.07, 6.45) is 8.87. The number of hydrogen-bond donors (Lipinski definition) is 1. The lowest BCUT2D eigenvalue weighted by Gasteiger charge is -2.31. The van der Waals surface area contributed by atoms with E-state index in [4.69, 9.17) is 4.98 Å². The maximum absolute atomic E-state index is 14.3. The molecule has 0 aliphatic carbocycles. The minimum Gasteiger partial charge on any atom is -0.371 e. The largest absolute Gasteiger partial charge is 0.371 e. The Morgan fingerprint density at radius 3 is 2.60 bits per heavy atom. The molecule has 35 heavy (non-hydrogen) atoms. The molecule has 0 atom stereocenters. The predicted molar refractivity (Wildman–Crippen MR) is 130 cm³/mol. The summed E-state index contributed by atoms with van der Waals surface area (Å²) in [6.45, 7) is 1.66. The van der Waals surface area contributed by atoms with Gasteiger partial charge >= 0.3 is 0 Å². The SMILES string of the molecule is CNc1ncc(-c2ccc3c(CCCN4CCC(F)(F)CC4)cn(-c4cnn(C)c4)c3n2)cc1F. The quantitative estimate of drug-likeness (QED) is 0.414. The van der Waals surface area contributed by atoms with E-state index in [1.807, 2.05) is 29.9 Å². The molecule has 1 aliphatic heterocycles. The molecule has 0 unspecified atom stereocenters. The van der Waals surface area contributed by atoms with Gasteiger partial charge in [-0.3, -0.25) is 9.25 Å². The van der Waals surface area contributed by atoms with Crippen molar-refractivity contribution in [2.24, 2.45) is 7.05 Å². The van der Waals surface area contributed by atoms with Gasteiger partial charge in [0.05, 0.1) is 17.6 Å². The van der Waals surface area contributed by atoms with Crippen LogP contribution in [0, 0.1) is 5.82 Å². The van der Waals surface area contributed by atoms with Crippen LogP contribution < -0.4 is 5.32 Å². The van der Waals surface area contributed by atoms with Crippen molar-refractivity contribution >= 4 is 16.9 Å². The van der Waals surface area contributed by atoms with E-state index in [-0.39, 0.29) is 18.7 Å². The molecular weight excluding hydrogens is 455 g/mol. The number of nitrogens with zero attached hydrogens (tertiary/aromatic N) is 6. The number of pyridine rings is 2. The Morgan fingerprint density at radius 2 is 1.91 bits per heavy atom. The highest BCUT2D eigenvalue weighted by Crippen LogP contribution is 2.30. The van der Waals surface area contributed by atoms with Crippen LogP contribution in [0.15, 0.2) is 43.0 Å². The summed E-state index contributed by atoms with van der Waals surface area (Å²) < 4.78 is 44.9. The van der Waals surface area contributed by atoms with E-state index in [1.165, 1.54) is 6.07 Å². The highest BCUT2D eigenvalue weighted by Gasteiger charge is 2.33. The van der Waals surface area contributed by atoms with Gasteiger partial charge in [0.15, 0.2) is 11.6 Å². The summed E-state index contributed by atoms with van der Waals surface area (Å²) in [4.78, 5) is 11.1. The summed E-state index contributed by atoms with van der Waals surface area (Å²) >= 11 is 0. The maximum atomic E-state index is 14.3. The van der Waals surface area contributed by atoms with E-state index in [0.29, 0.717) is 24.3 Å². The fourth-order valence-electron chi connectivity index (χ4n) is 4.62. The monoisotopic (exact) mass is 483 g/mol. The highest BCUT2D eigenvalue weighted by molar-refractivity contribution is 5.84. The van der Waals surface area contributed by atoms with Gasteiger partial charge in [-0.25, -0.2) is 23.1 Å². The third-order valence-electron chi connectivity index (χ3n) is 6.59. The molecule has 7 nitrogen and oxygen atoms in total. The fraction of sp³-hybridized carbons (Fsp3) is 0.400. The smallest absolute Gasteiger partial charge is 0.250 e. The standard InChI is InChI=1S/C25H28F3N7/c1-29-23-21(26)12-18(13-30-23)22-6-5-20-17(4-3-9-34-10-7-25(27,28)8-11-34)15-35(24(20)32-22)19-14-31-33(2)16-19/h5-6,12-16H,3-4,7-11H2,1-2H3,(H,29,30). The first kappa shape index (κ1) is 23.3. The van der Waals surface area contributed by atoms with Crippen LogP contribution in [0.3, 0.4) is 0 Å². The minimum absolute atomic E-state index is 0.0647. The van der Waals surface area contributed by atoms with Crippen LogP contribution in [0.2, 0.25) is 0 Å². The molecule has 0 bridgehead atoms. The normalized spacial score (nSPS) is 16.1. The molecule has 4 aromatic rings. The maximum Gasteiger partial charge on any atom is 0.250 e. The van der Waals surface area contributed by atoms with Crippen LogP contribution >= 0.6 is 0 Å². The third-order valence-corrected chi connectivity index (χ3v) is 6.59. The van der Waals surface area contributed by atoms with Crippen molar-refractivity contribution in [1.82, 2.24) is 29.2 Å². The molecule has 1 aliphatic rings. The van der Waals surface area contributed by atoms with Crippen molar-refractivity contribution in [1.29, 1.82) is 0 Å². The number of piperidine rings is 1. The summed E-state index contributed by atoms with van der Waals surface area (Å²) in [5, 5.41) is 8.02. The van der Waals surface area contributed by atoms with E-state index >= 15 is 0 Å². The van der Waals surface area contributed by atoms with Gasteiger partial charge in [0.2, 0.25) is 0 Å². The van der Waals surface area contributed by atoms with Gasteiger partial charge in [-0.05, 0) is 43.1 Å². The first-order valence-corrected chi connectivity index (χ1v) is 11.8. The van der Waals surface area contributed by atoms with Gasteiger partial charge in [0, 0.05) is 69.6 Å². The van der Waals surface area contributed by atoms with E-state index < -0.39 is 11.7 Å². The average molecular weight is 484 g/mol. The number of likely N-dealkylation sites (tertiary alicyclic amines) is 1. The molecule has 5 rings (SSSR count). The Kier molecular flexibility index (Phi) is 6.22. The summed E-state index contributed by atoms with van der Waals surface area (Å²) in [6, 6.07) is 5.31. The van der Waals surface area contributed by atoms with Gasteiger partial charge in [0.25, 0.3) is 5.92 Å². The number of aryl methyl sites for hydroxylation is 2. The molecule has 4 aromatic heterocycles. The lowest BCUT2D eigenvalue weighted by molar-refractivity contribution is -0.0551. The molecule has 184 valence electrons. The van der Waals surface area contributed by atoms with Crippen LogP contribution in [-0.2, 0) is 13.5 Å². The molecule has 0 radical (unpaired) electrons. The number of aromatic nitrogens is 5. The lowest BCUT2D eigenvalue weighted by Crippen LogP contribution is -2.39. The van der Waals surface area contributed by atoms with Gasteiger partial charge < -0.3 is 10.2 Å². The van der Waals surface area contributed by atoms with Gasteiger partial charge in [-0.1, -0.05) is 0 Å². The molecule has 1 fully saturated rings. The summed E-state index contributed by atoms with van der Waals surface area (Å²) in [7, 11) is 3.48. The van der Waals surface area contributed by atoms with Crippen molar-refractivity contribution in [3.63, 3.8) is 0 Å². The van der Waals surface area contributed by atoms with Crippen LogP contribution in [0.5, 0.6) is 0 Å². The Balaban J connectivity index is 1.43. The van der Waals surface area contributed by atoms with Crippen LogP contribution in [0.25, 0.3) is 28.0 Å². The van der Waals surface area contributed by atoms with Crippen molar-refractivity contribution < 1.29 is 13.2 Å². The molecule has 0 saturated carbocycles. The number of halogens is 3. The zero-order valence-corrected chi connectivity index (χ0v) is 19.8. The Morgan fingerprint density at radius 1 is 1.11 bits per heavy atom.